The molecule has 0 bridgehead atoms. The lowest BCUT2D eigenvalue weighted by atomic mass is 10.1. The molecule has 0 unspecified atom stereocenters. The van der Waals surface area contributed by atoms with Crippen LogP contribution in [-0.2, 0) is 20.7 Å². The van der Waals surface area contributed by atoms with Crippen LogP contribution in [-0.4, -0.2) is 32.2 Å². The molecule has 1 amide bonds. The third-order valence-electron chi connectivity index (χ3n) is 4.52. The maximum atomic E-state index is 12.1. The van der Waals surface area contributed by atoms with Crippen LogP contribution in [0.3, 0.4) is 0 Å². The molecule has 0 aliphatic heterocycles. The summed E-state index contributed by atoms with van der Waals surface area (Å²) in [7, 11) is 1.53. The van der Waals surface area contributed by atoms with Gasteiger partial charge in [-0.05, 0) is 49.1 Å². The molecule has 0 radical (unpaired) electrons. The fourth-order valence-electron chi connectivity index (χ4n) is 2.83. The maximum Gasteiger partial charge on any atom is 0.344 e. The Balaban J connectivity index is 1.79. The zero-order valence-electron chi connectivity index (χ0n) is 17.9. The standard InChI is InChI=1S/C24H29NO5/c1-5-7-19-10-13-21(22(14-19)28-4)29-16-24(27)30-15-23(26)25-17(3)20-11-8-18(6-2)9-12-20/h5,7-14,17H,6,15-16H2,1-4H3,(H,25,26)/b7-5+/t17-/m0/s1. The van der Waals surface area contributed by atoms with E-state index in [9.17, 15) is 9.59 Å². The van der Waals surface area contributed by atoms with Crippen LogP contribution in [0, 0.1) is 0 Å². The average molecular weight is 411 g/mol. The number of hydrogen-bond acceptors (Lipinski definition) is 5. The zero-order chi connectivity index (χ0) is 21.9. The molecule has 0 spiro atoms. The van der Waals surface area contributed by atoms with E-state index in [1.54, 1.807) is 6.07 Å². The van der Waals surface area contributed by atoms with Crippen LogP contribution in [0.25, 0.3) is 6.08 Å². The third-order valence-corrected chi connectivity index (χ3v) is 4.52. The number of methoxy groups -OCH3 is 1. The van der Waals surface area contributed by atoms with Gasteiger partial charge < -0.3 is 19.5 Å². The van der Waals surface area contributed by atoms with Gasteiger partial charge in [0.25, 0.3) is 5.91 Å². The molecule has 0 aromatic heterocycles. The fraction of sp³-hybridized carbons (Fsp3) is 0.333. The third kappa shape index (κ3) is 6.95. The van der Waals surface area contributed by atoms with Crippen LogP contribution >= 0.6 is 0 Å². The minimum absolute atomic E-state index is 0.182. The van der Waals surface area contributed by atoms with Crippen molar-refractivity contribution in [1.82, 2.24) is 5.32 Å². The van der Waals surface area contributed by atoms with Crippen molar-refractivity contribution < 1.29 is 23.8 Å². The molecular formula is C24H29NO5. The van der Waals surface area contributed by atoms with E-state index in [0.29, 0.717) is 11.5 Å². The first-order chi connectivity index (χ1) is 14.5. The molecule has 1 atom stereocenters. The highest BCUT2D eigenvalue weighted by Gasteiger charge is 2.13. The molecule has 0 saturated heterocycles. The summed E-state index contributed by atoms with van der Waals surface area (Å²) in [5.74, 6) is -0.0660. The number of benzene rings is 2. The van der Waals surface area contributed by atoms with Gasteiger partial charge in [-0.1, -0.05) is 49.4 Å². The number of ether oxygens (including phenoxy) is 3. The molecular weight excluding hydrogens is 382 g/mol. The Hall–Kier alpha value is -3.28. The van der Waals surface area contributed by atoms with Crippen molar-refractivity contribution in [1.29, 1.82) is 0 Å². The largest absolute Gasteiger partial charge is 0.493 e. The smallest absolute Gasteiger partial charge is 0.344 e. The van der Waals surface area contributed by atoms with Gasteiger partial charge in [0.2, 0.25) is 0 Å². The molecule has 2 aromatic rings. The first kappa shape index (κ1) is 23.0. The number of nitrogens with one attached hydrogen (secondary N) is 1. The molecule has 0 fully saturated rings. The van der Waals surface area contributed by atoms with Gasteiger partial charge in [-0.15, -0.1) is 0 Å². The van der Waals surface area contributed by atoms with E-state index in [2.05, 4.69) is 12.2 Å². The van der Waals surface area contributed by atoms with Crippen LogP contribution in [0.1, 0.15) is 43.5 Å². The summed E-state index contributed by atoms with van der Waals surface area (Å²) in [6, 6.07) is 13.2. The van der Waals surface area contributed by atoms with Gasteiger partial charge in [-0.25, -0.2) is 4.79 Å². The molecule has 6 nitrogen and oxygen atoms in total. The molecule has 0 aliphatic carbocycles. The van der Waals surface area contributed by atoms with Crippen molar-refractivity contribution in [3.05, 3.63) is 65.2 Å². The Labute approximate surface area is 177 Å². The summed E-state index contributed by atoms with van der Waals surface area (Å²) in [6.45, 7) is 5.21. The van der Waals surface area contributed by atoms with Gasteiger partial charge in [0.15, 0.2) is 24.7 Å². The number of allylic oxidation sites excluding steroid dienone is 1. The zero-order valence-corrected chi connectivity index (χ0v) is 17.9. The van der Waals surface area contributed by atoms with Crippen molar-refractivity contribution in [2.24, 2.45) is 0 Å². The Morgan fingerprint density at radius 2 is 1.80 bits per heavy atom. The van der Waals surface area contributed by atoms with Crippen LogP contribution in [0.5, 0.6) is 11.5 Å². The molecule has 0 aliphatic rings. The second kappa shape index (κ2) is 11.7. The summed E-state index contributed by atoms with van der Waals surface area (Å²) < 4.78 is 15.8. The normalized spacial score (nSPS) is 11.7. The Kier molecular flexibility index (Phi) is 8.94. The van der Waals surface area contributed by atoms with Crippen molar-refractivity contribution in [2.75, 3.05) is 20.3 Å². The lowest BCUT2D eigenvalue weighted by Gasteiger charge is -2.15. The van der Waals surface area contributed by atoms with Gasteiger partial charge in [-0.3, -0.25) is 4.79 Å². The van der Waals surface area contributed by atoms with E-state index in [1.165, 1.54) is 12.7 Å². The molecule has 2 aromatic carbocycles. The molecule has 0 heterocycles. The highest BCUT2D eigenvalue weighted by Crippen LogP contribution is 2.28. The van der Waals surface area contributed by atoms with E-state index in [4.69, 9.17) is 14.2 Å². The lowest BCUT2D eigenvalue weighted by Crippen LogP contribution is -2.32. The quantitative estimate of drug-likeness (QED) is 0.596. The fourth-order valence-corrected chi connectivity index (χ4v) is 2.83. The summed E-state index contributed by atoms with van der Waals surface area (Å²) in [4.78, 5) is 24.0. The number of carbonyl (C=O) groups is 2. The van der Waals surface area contributed by atoms with Gasteiger partial charge in [0.05, 0.1) is 13.2 Å². The van der Waals surface area contributed by atoms with Crippen molar-refractivity contribution in [2.45, 2.75) is 33.2 Å². The molecule has 160 valence electrons. The Bertz CT molecular complexity index is 874. The Morgan fingerprint density at radius 1 is 1.07 bits per heavy atom. The highest BCUT2D eigenvalue weighted by molar-refractivity contribution is 5.81. The minimum atomic E-state index is -0.635. The van der Waals surface area contributed by atoms with E-state index < -0.39 is 5.97 Å². The Morgan fingerprint density at radius 3 is 2.43 bits per heavy atom. The average Bonchev–Trinajstić information content (AvgIpc) is 2.76. The van der Waals surface area contributed by atoms with Gasteiger partial charge in [0.1, 0.15) is 0 Å². The van der Waals surface area contributed by atoms with Crippen molar-refractivity contribution >= 4 is 18.0 Å². The summed E-state index contributed by atoms with van der Waals surface area (Å²) in [6.07, 6.45) is 4.81. The second-order valence-electron chi connectivity index (χ2n) is 6.74. The maximum absolute atomic E-state index is 12.1. The number of amides is 1. The van der Waals surface area contributed by atoms with E-state index >= 15 is 0 Å². The van der Waals surface area contributed by atoms with E-state index in [0.717, 1.165) is 17.5 Å². The monoisotopic (exact) mass is 411 g/mol. The number of hydrogen-bond donors (Lipinski definition) is 1. The predicted molar refractivity (Wildman–Crippen MR) is 117 cm³/mol. The second-order valence-corrected chi connectivity index (χ2v) is 6.74. The summed E-state index contributed by atoms with van der Waals surface area (Å²) >= 11 is 0. The minimum Gasteiger partial charge on any atom is -0.493 e. The predicted octanol–water partition coefficient (Wildman–Crippen LogP) is 4.09. The lowest BCUT2D eigenvalue weighted by molar-refractivity contribution is -0.150. The molecule has 6 heteroatoms. The van der Waals surface area contributed by atoms with Crippen LogP contribution in [0.2, 0.25) is 0 Å². The molecule has 2 rings (SSSR count). The van der Waals surface area contributed by atoms with Gasteiger partial charge in [0, 0.05) is 0 Å². The van der Waals surface area contributed by atoms with Crippen LogP contribution < -0.4 is 14.8 Å². The van der Waals surface area contributed by atoms with Crippen molar-refractivity contribution in [3.8, 4) is 11.5 Å². The highest BCUT2D eigenvalue weighted by atomic mass is 16.6. The molecule has 30 heavy (non-hydrogen) atoms. The first-order valence-corrected chi connectivity index (χ1v) is 9.94. The topological polar surface area (TPSA) is 73.9 Å². The molecule has 1 N–H and O–H groups in total. The SMILES string of the molecule is C/C=C/c1ccc(OCC(=O)OCC(=O)N[C@@H](C)c2ccc(CC)cc2)c(OC)c1. The van der Waals surface area contributed by atoms with Gasteiger partial charge in [-0.2, -0.15) is 0 Å². The van der Waals surface area contributed by atoms with Crippen LogP contribution in [0.15, 0.2) is 48.5 Å². The first-order valence-electron chi connectivity index (χ1n) is 9.94. The van der Waals surface area contributed by atoms with Crippen LogP contribution in [0.4, 0.5) is 0 Å². The number of carbonyl (C=O) groups excluding carboxylic acids is 2. The van der Waals surface area contributed by atoms with Crippen molar-refractivity contribution in [3.63, 3.8) is 0 Å². The number of aryl methyl sites for hydroxylation is 1. The number of rotatable bonds is 10. The summed E-state index contributed by atoms with van der Waals surface area (Å²) in [5, 5.41) is 2.82. The van der Waals surface area contributed by atoms with Gasteiger partial charge >= 0.3 is 5.97 Å². The molecule has 0 saturated carbocycles. The summed E-state index contributed by atoms with van der Waals surface area (Å²) in [5.41, 5.74) is 3.18. The van der Waals surface area contributed by atoms with E-state index in [-0.39, 0.29) is 25.2 Å². The number of esters is 1. The van der Waals surface area contributed by atoms with E-state index in [1.807, 2.05) is 62.4 Å².